The maximum atomic E-state index is 12.6. The first-order chi connectivity index (χ1) is 9.15. The van der Waals surface area contributed by atoms with E-state index in [9.17, 15) is 4.79 Å². The zero-order valence-corrected chi connectivity index (χ0v) is 12.1. The van der Waals surface area contributed by atoms with Gasteiger partial charge in [0.2, 0.25) is 5.91 Å². The van der Waals surface area contributed by atoms with E-state index in [-0.39, 0.29) is 11.9 Å². The van der Waals surface area contributed by atoms with Crippen LogP contribution in [0.3, 0.4) is 0 Å². The van der Waals surface area contributed by atoms with E-state index in [1.54, 1.807) is 10.9 Å². The van der Waals surface area contributed by atoms with Crippen LogP contribution in [-0.4, -0.2) is 40.7 Å². The van der Waals surface area contributed by atoms with E-state index in [2.05, 4.69) is 17.3 Å². The summed E-state index contributed by atoms with van der Waals surface area (Å²) in [6.07, 6.45) is 7.15. The van der Waals surface area contributed by atoms with Crippen LogP contribution in [0.25, 0.3) is 0 Å². The van der Waals surface area contributed by atoms with Gasteiger partial charge in [0, 0.05) is 31.9 Å². The molecule has 5 heteroatoms. The van der Waals surface area contributed by atoms with E-state index in [4.69, 9.17) is 0 Å². The number of hydrogen-bond acceptors (Lipinski definition) is 3. The third kappa shape index (κ3) is 3.15. The summed E-state index contributed by atoms with van der Waals surface area (Å²) < 4.78 is 1.73. The predicted octanol–water partition coefficient (Wildman–Crippen LogP) is 1.33. The van der Waals surface area contributed by atoms with Crippen molar-refractivity contribution >= 4 is 5.91 Å². The van der Waals surface area contributed by atoms with E-state index >= 15 is 0 Å². The molecule has 1 aliphatic rings. The number of aromatic nitrogens is 2. The molecule has 1 aliphatic heterocycles. The topological polar surface area (TPSA) is 50.2 Å². The largest absolute Gasteiger partial charge is 0.341 e. The van der Waals surface area contributed by atoms with E-state index < -0.39 is 0 Å². The lowest BCUT2D eigenvalue weighted by atomic mass is 9.94. The van der Waals surface area contributed by atoms with Gasteiger partial charge < -0.3 is 10.2 Å². The van der Waals surface area contributed by atoms with Gasteiger partial charge in [-0.1, -0.05) is 13.3 Å². The fourth-order valence-corrected chi connectivity index (χ4v) is 2.77. The quantitative estimate of drug-likeness (QED) is 0.892. The molecule has 1 atom stereocenters. The summed E-state index contributed by atoms with van der Waals surface area (Å²) in [5.74, 6) is 0.959. The predicted molar refractivity (Wildman–Crippen MR) is 74.6 cm³/mol. The first-order valence-electron chi connectivity index (χ1n) is 7.10. The Balaban J connectivity index is 2.01. The van der Waals surface area contributed by atoms with Gasteiger partial charge in [-0.3, -0.25) is 9.48 Å². The van der Waals surface area contributed by atoms with E-state index in [0.29, 0.717) is 0 Å². The van der Waals surface area contributed by atoms with Gasteiger partial charge in [0.25, 0.3) is 0 Å². The minimum absolute atomic E-state index is 0.171. The number of carbonyl (C=O) groups excluding carboxylic acids is 1. The smallest absolute Gasteiger partial charge is 0.244 e. The van der Waals surface area contributed by atoms with Crippen LogP contribution >= 0.6 is 0 Å². The Bertz CT molecular complexity index is 421. The van der Waals surface area contributed by atoms with E-state index in [1.165, 1.54) is 6.42 Å². The van der Waals surface area contributed by atoms with Crippen molar-refractivity contribution < 1.29 is 4.79 Å². The first kappa shape index (κ1) is 14.1. The summed E-state index contributed by atoms with van der Waals surface area (Å²) in [6.45, 7) is 4.00. The summed E-state index contributed by atoms with van der Waals surface area (Å²) in [6, 6.07) is -0.271. The molecule has 0 radical (unpaired) electrons. The lowest BCUT2D eigenvalue weighted by Gasteiger charge is -2.33. The summed E-state index contributed by atoms with van der Waals surface area (Å²) in [4.78, 5) is 14.5. The van der Waals surface area contributed by atoms with Crippen molar-refractivity contribution in [1.82, 2.24) is 20.0 Å². The number of likely N-dealkylation sites (N-methyl/N-ethyl adjacent to an activating group) is 1. The van der Waals surface area contributed by atoms with Gasteiger partial charge in [0.15, 0.2) is 0 Å². The van der Waals surface area contributed by atoms with Crippen molar-refractivity contribution in [2.75, 3.05) is 20.1 Å². The zero-order chi connectivity index (χ0) is 13.8. The van der Waals surface area contributed by atoms with Gasteiger partial charge in [-0.15, -0.1) is 0 Å². The minimum Gasteiger partial charge on any atom is -0.341 e. The molecule has 0 saturated carbocycles. The molecular formula is C14H24N4O. The maximum absolute atomic E-state index is 12.6. The number of likely N-dealkylation sites (tertiary alicyclic amines) is 1. The molecule has 1 saturated heterocycles. The van der Waals surface area contributed by atoms with Crippen molar-refractivity contribution in [3.63, 3.8) is 0 Å². The molecule has 1 fully saturated rings. The summed E-state index contributed by atoms with van der Waals surface area (Å²) in [5.41, 5.74) is 0.938. The van der Waals surface area contributed by atoms with Gasteiger partial charge in [-0.25, -0.2) is 0 Å². The monoisotopic (exact) mass is 264 g/mol. The van der Waals surface area contributed by atoms with Crippen molar-refractivity contribution in [2.24, 2.45) is 13.0 Å². The minimum atomic E-state index is -0.271. The Morgan fingerprint density at radius 1 is 1.53 bits per heavy atom. The molecule has 0 aromatic carbocycles. The van der Waals surface area contributed by atoms with E-state index in [1.807, 2.05) is 25.2 Å². The first-order valence-corrected chi connectivity index (χ1v) is 7.10. The number of amides is 1. The van der Waals surface area contributed by atoms with Gasteiger partial charge in [0.05, 0.1) is 6.20 Å². The Labute approximate surface area is 115 Å². The second-order valence-corrected chi connectivity index (χ2v) is 5.35. The van der Waals surface area contributed by atoms with E-state index in [0.717, 1.165) is 37.4 Å². The number of piperidine rings is 1. The maximum Gasteiger partial charge on any atom is 0.244 e. The number of nitrogens with zero attached hydrogens (tertiary/aromatic N) is 3. The third-order valence-electron chi connectivity index (χ3n) is 4.10. The van der Waals surface area contributed by atoms with Crippen LogP contribution < -0.4 is 5.32 Å². The molecule has 106 valence electrons. The number of aryl methyl sites for hydroxylation is 1. The van der Waals surface area contributed by atoms with Gasteiger partial charge in [-0.05, 0) is 25.8 Å². The fraction of sp³-hybridized carbons (Fsp3) is 0.714. The van der Waals surface area contributed by atoms with Crippen LogP contribution in [0.1, 0.15) is 37.8 Å². The van der Waals surface area contributed by atoms with Crippen molar-refractivity contribution in [2.45, 2.75) is 32.2 Å². The fourth-order valence-electron chi connectivity index (χ4n) is 2.77. The van der Waals surface area contributed by atoms with Crippen LogP contribution in [0.15, 0.2) is 12.4 Å². The van der Waals surface area contributed by atoms with Crippen LogP contribution in [0.2, 0.25) is 0 Å². The average Bonchev–Trinajstić information content (AvgIpc) is 2.86. The molecule has 1 amide bonds. The Hall–Kier alpha value is -1.36. The van der Waals surface area contributed by atoms with Crippen LogP contribution in [-0.2, 0) is 11.8 Å². The van der Waals surface area contributed by atoms with Crippen molar-refractivity contribution in [3.8, 4) is 0 Å². The molecule has 0 spiro atoms. The highest BCUT2D eigenvalue weighted by Gasteiger charge is 2.28. The molecule has 2 rings (SSSR count). The Kier molecular flexibility index (Phi) is 4.58. The molecule has 19 heavy (non-hydrogen) atoms. The average molecular weight is 264 g/mol. The SMILES string of the molecule is CCC1CCN(C(=O)C(NC)c2cnn(C)c2)CC1. The molecule has 1 unspecified atom stereocenters. The molecule has 1 N–H and O–H groups in total. The number of carbonyl (C=O) groups is 1. The molecule has 2 heterocycles. The normalized spacial score (nSPS) is 18.6. The second kappa shape index (κ2) is 6.19. The zero-order valence-electron chi connectivity index (χ0n) is 12.1. The highest BCUT2D eigenvalue weighted by atomic mass is 16.2. The van der Waals surface area contributed by atoms with Gasteiger partial charge in [-0.2, -0.15) is 5.10 Å². The number of hydrogen-bond donors (Lipinski definition) is 1. The Morgan fingerprint density at radius 2 is 2.21 bits per heavy atom. The lowest BCUT2D eigenvalue weighted by molar-refractivity contribution is -0.134. The highest BCUT2D eigenvalue weighted by Crippen LogP contribution is 2.23. The van der Waals surface area contributed by atoms with Crippen molar-refractivity contribution in [3.05, 3.63) is 18.0 Å². The van der Waals surface area contributed by atoms with Crippen molar-refractivity contribution in [1.29, 1.82) is 0 Å². The molecule has 0 aliphatic carbocycles. The lowest BCUT2D eigenvalue weighted by Crippen LogP contribution is -2.44. The molecule has 5 nitrogen and oxygen atoms in total. The van der Waals surface area contributed by atoms with Crippen LogP contribution in [0.5, 0.6) is 0 Å². The van der Waals surface area contributed by atoms with Crippen LogP contribution in [0, 0.1) is 5.92 Å². The summed E-state index contributed by atoms with van der Waals surface area (Å²) in [5, 5.41) is 7.25. The number of rotatable bonds is 4. The molecule has 1 aromatic rings. The standard InChI is InChI=1S/C14H24N4O/c1-4-11-5-7-18(8-6-11)14(19)13(15-2)12-9-16-17(3)10-12/h9-11,13,15H,4-8H2,1-3H3. The summed E-state index contributed by atoms with van der Waals surface area (Å²) in [7, 11) is 3.70. The third-order valence-corrected chi connectivity index (χ3v) is 4.10. The molecule has 1 aromatic heterocycles. The summed E-state index contributed by atoms with van der Waals surface area (Å²) >= 11 is 0. The molecule has 0 bridgehead atoms. The second-order valence-electron chi connectivity index (χ2n) is 5.35. The Morgan fingerprint density at radius 3 is 2.68 bits per heavy atom. The molecular weight excluding hydrogens is 240 g/mol. The highest BCUT2D eigenvalue weighted by molar-refractivity contribution is 5.83. The number of nitrogens with one attached hydrogen (secondary N) is 1. The van der Waals surface area contributed by atoms with Crippen LogP contribution in [0.4, 0.5) is 0 Å². The van der Waals surface area contributed by atoms with Gasteiger partial charge in [0.1, 0.15) is 6.04 Å². The van der Waals surface area contributed by atoms with Gasteiger partial charge >= 0.3 is 0 Å².